The smallest absolute Gasteiger partial charge is 0.242 e. The molecule has 0 saturated carbocycles. The van der Waals surface area contributed by atoms with Gasteiger partial charge in [0.2, 0.25) is 11.8 Å². The van der Waals surface area contributed by atoms with Crippen LogP contribution in [0, 0.1) is 5.92 Å². The molecule has 1 atom stereocenters. The normalized spacial score (nSPS) is 12.3. The van der Waals surface area contributed by atoms with Crippen molar-refractivity contribution in [2.24, 2.45) is 5.92 Å². The van der Waals surface area contributed by atoms with E-state index in [1.54, 1.807) is 7.05 Å². The van der Waals surface area contributed by atoms with Gasteiger partial charge in [0.1, 0.15) is 6.04 Å². The van der Waals surface area contributed by atoms with Crippen molar-refractivity contribution in [3.8, 4) is 0 Å². The van der Waals surface area contributed by atoms with E-state index in [0.717, 1.165) is 12.8 Å². The molecular weight excluding hydrogens is 192 g/mol. The number of carbonyl (C=O) groups excluding carboxylic acids is 2. The van der Waals surface area contributed by atoms with Crippen LogP contribution in [0.15, 0.2) is 0 Å². The highest BCUT2D eigenvalue weighted by molar-refractivity contribution is 5.87. The average molecular weight is 214 g/mol. The van der Waals surface area contributed by atoms with Gasteiger partial charge in [-0.2, -0.15) is 0 Å². The number of likely N-dealkylation sites (N-methyl/N-ethyl adjacent to an activating group) is 1. The van der Waals surface area contributed by atoms with Gasteiger partial charge < -0.3 is 10.6 Å². The Morgan fingerprint density at radius 1 is 1.27 bits per heavy atom. The molecule has 0 aromatic heterocycles. The van der Waals surface area contributed by atoms with E-state index in [1.807, 2.05) is 20.8 Å². The van der Waals surface area contributed by atoms with E-state index in [0.29, 0.717) is 6.42 Å². The summed E-state index contributed by atoms with van der Waals surface area (Å²) in [5, 5.41) is 5.31. The van der Waals surface area contributed by atoms with Gasteiger partial charge in [0.05, 0.1) is 0 Å². The number of unbranched alkanes of at least 4 members (excludes halogenated alkanes) is 1. The minimum absolute atomic E-state index is 0.0425. The number of amides is 2. The lowest BCUT2D eigenvalue weighted by atomic mass is 10.0. The molecule has 2 N–H and O–H groups in total. The number of rotatable bonds is 6. The molecule has 0 aliphatic rings. The Morgan fingerprint density at radius 2 is 1.87 bits per heavy atom. The van der Waals surface area contributed by atoms with Gasteiger partial charge in [0, 0.05) is 13.5 Å². The topological polar surface area (TPSA) is 58.2 Å². The molecular formula is C11H22N2O2. The van der Waals surface area contributed by atoms with E-state index in [2.05, 4.69) is 10.6 Å². The summed E-state index contributed by atoms with van der Waals surface area (Å²) in [7, 11) is 1.58. The molecule has 0 bridgehead atoms. The van der Waals surface area contributed by atoms with E-state index in [1.165, 1.54) is 0 Å². The first kappa shape index (κ1) is 13.9. The fourth-order valence-corrected chi connectivity index (χ4v) is 1.27. The second-order valence-corrected chi connectivity index (χ2v) is 4.01. The van der Waals surface area contributed by atoms with Gasteiger partial charge in [-0.05, 0) is 12.3 Å². The molecule has 15 heavy (non-hydrogen) atoms. The van der Waals surface area contributed by atoms with Gasteiger partial charge in [0.15, 0.2) is 0 Å². The first-order valence-electron chi connectivity index (χ1n) is 5.53. The number of nitrogens with one attached hydrogen (secondary N) is 2. The molecule has 4 nitrogen and oxygen atoms in total. The molecule has 4 heteroatoms. The molecule has 0 fully saturated rings. The molecule has 0 rings (SSSR count). The van der Waals surface area contributed by atoms with E-state index >= 15 is 0 Å². The highest BCUT2D eigenvalue weighted by Gasteiger charge is 2.22. The Bertz CT molecular complexity index is 215. The number of carbonyl (C=O) groups is 2. The maximum atomic E-state index is 11.4. The van der Waals surface area contributed by atoms with Gasteiger partial charge >= 0.3 is 0 Å². The molecule has 88 valence electrons. The molecule has 0 aromatic carbocycles. The minimum Gasteiger partial charge on any atom is -0.357 e. The summed E-state index contributed by atoms with van der Waals surface area (Å²) in [6.45, 7) is 5.87. The van der Waals surface area contributed by atoms with Gasteiger partial charge in [-0.25, -0.2) is 0 Å². The van der Waals surface area contributed by atoms with Crippen molar-refractivity contribution in [2.75, 3.05) is 7.05 Å². The Balaban J connectivity index is 4.17. The Morgan fingerprint density at radius 3 is 2.27 bits per heavy atom. The van der Waals surface area contributed by atoms with Crippen molar-refractivity contribution in [2.45, 2.75) is 46.1 Å². The van der Waals surface area contributed by atoms with Crippen LogP contribution in [0.3, 0.4) is 0 Å². The SMILES string of the molecule is CCCCC(=O)NC(C(=O)NC)C(C)C. The lowest BCUT2D eigenvalue weighted by Crippen LogP contribution is -2.48. The third-order valence-corrected chi connectivity index (χ3v) is 2.27. The van der Waals surface area contributed by atoms with E-state index < -0.39 is 6.04 Å². The van der Waals surface area contributed by atoms with Crippen LogP contribution in [0.1, 0.15) is 40.0 Å². The van der Waals surface area contributed by atoms with Gasteiger partial charge in [0.25, 0.3) is 0 Å². The molecule has 0 aliphatic heterocycles. The summed E-state index contributed by atoms with van der Waals surface area (Å²) in [5.41, 5.74) is 0. The minimum atomic E-state index is -0.417. The summed E-state index contributed by atoms with van der Waals surface area (Å²) in [6.07, 6.45) is 2.35. The van der Waals surface area contributed by atoms with Crippen LogP contribution in [0.25, 0.3) is 0 Å². The zero-order valence-corrected chi connectivity index (χ0v) is 10.1. The van der Waals surface area contributed by atoms with Crippen LogP contribution in [-0.4, -0.2) is 24.9 Å². The zero-order valence-electron chi connectivity index (χ0n) is 10.1. The highest BCUT2D eigenvalue weighted by atomic mass is 16.2. The number of hydrogen-bond acceptors (Lipinski definition) is 2. The fourth-order valence-electron chi connectivity index (χ4n) is 1.27. The molecule has 0 spiro atoms. The maximum absolute atomic E-state index is 11.4. The first-order chi connectivity index (χ1) is 7.02. The molecule has 1 unspecified atom stereocenters. The van der Waals surface area contributed by atoms with E-state index in [4.69, 9.17) is 0 Å². The molecule has 0 aromatic rings. The van der Waals surface area contributed by atoms with Crippen molar-refractivity contribution in [1.29, 1.82) is 0 Å². The largest absolute Gasteiger partial charge is 0.357 e. The lowest BCUT2D eigenvalue weighted by Gasteiger charge is -2.20. The van der Waals surface area contributed by atoms with E-state index in [9.17, 15) is 9.59 Å². The Labute approximate surface area is 91.8 Å². The zero-order chi connectivity index (χ0) is 11.8. The standard InChI is InChI=1S/C11H22N2O2/c1-5-6-7-9(14)13-10(8(2)3)11(15)12-4/h8,10H,5-7H2,1-4H3,(H,12,15)(H,13,14). The van der Waals surface area contributed by atoms with Crippen molar-refractivity contribution in [1.82, 2.24) is 10.6 Å². The van der Waals surface area contributed by atoms with Gasteiger partial charge in [-0.1, -0.05) is 27.2 Å². The van der Waals surface area contributed by atoms with Crippen molar-refractivity contribution in [3.63, 3.8) is 0 Å². The molecule has 0 radical (unpaired) electrons. The third kappa shape index (κ3) is 5.40. The monoisotopic (exact) mass is 214 g/mol. The summed E-state index contributed by atoms with van der Waals surface area (Å²) < 4.78 is 0. The maximum Gasteiger partial charge on any atom is 0.242 e. The van der Waals surface area contributed by atoms with Gasteiger partial charge in [-0.3, -0.25) is 9.59 Å². The van der Waals surface area contributed by atoms with Gasteiger partial charge in [-0.15, -0.1) is 0 Å². The molecule has 0 heterocycles. The van der Waals surface area contributed by atoms with Crippen molar-refractivity contribution in [3.05, 3.63) is 0 Å². The van der Waals surface area contributed by atoms with Crippen LogP contribution in [0.5, 0.6) is 0 Å². The average Bonchev–Trinajstić information content (AvgIpc) is 2.21. The summed E-state index contributed by atoms with van der Waals surface area (Å²) >= 11 is 0. The fraction of sp³-hybridized carbons (Fsp3) is 0.818. The first-order valence-corrected chi connectivity index (χ1v) is 5.53. The van der Waals surface area contributed by atoms with Crippen LogP contribution >= 0.6 is 0 Å². The quantitative estimate of drug-likeness (QED) is 0.694. The summed E-state index contributed by atoms with van der Waals surface area (Å²) in [6, 6.07) is -0.417. The van der Waals surface area contributed by atoms with Crippen molar-refractivity contribution >= 4 is 11.8 Å². The second kappa shape index (κ2) is 7.26. The predicted octanol–water partition coefficient (Wildman–Crippen LogP) is 1.06. The highest BCUT2D eigenvalue weighted by Crippen LogP contribution is 2.03. The summed E-state index contributed by atoms with van der Waals surface area (Å²) in [4.78, 5) is 22.9. The van der Waals surface area contributed by atoms with E-state index in [-0.39, 0.29) is 17.7 Å². The van der Waals surface area contributed by atoms with Crippen LogP contribution < -0.4 is 10.6 Å². The van der Waals surface area contributed by atoms with Crippen LogP contribution in [-0.2, 0) is 9.59 Å². The molecule has 0 aliphatic carbocycles. The molecule has 2 amide bonds. The lowest BCUT2D eigenvalue weighted by molar-refractivity contribution is -0.129. The Hall–Kier alpha value is -1.06. The Kier molecular flexibility index (Phi) is 6.75. The predicted molar refractivity (Wildman–Crippen MR) is 60.4 cm³/mol. The number of hydrogen-bond donors (Lipinski definition) is 2. The summed E-state index contributed by atoms with van der Waals surface area (Å²) in [5.74, 6) is -0.0653. The van der Waals surface area contributed by atoms with Crippen molar-refractivity contribution < 1.29 is 9.59 Å². The van der Waals surface area contributed by atoms with Crippen LogP contribution in [0.2, 0.25) is 0 Å². The second-order valence-electron chi connectivity index (χ2n) is 4.01. The third-order valence-electron chi connectivity index (χ3n) is 2.27. The molecule has 0 saturated heterocycles. The van der Waals surface area contributed by atoms with Crippen LogP contribution in [0.4, 0.5) is 0 Å².